The molecular formula is C11H19N. The summed E-state index contributed by atoms with van der Waals surface area (Å²) in [4.78, 5) is 4.46. The Hall–Kier alpha value is -0.850. The van der Waals surface area contributed by atoms with Crippen LogP contribution in [0.1, 0.15) is 34.6 Å². The van der Waals surface area contributed by atoms with E-state index in [0.29, 0.717) is 6.04 Å². The third-order valence-corrected chi connectivity index (χ3v) is 1.18. The van der Waals surface area contributed by atoms with E-state index in [-0.39, 0.29) is 0 Å². The molecule has 0 aliphatic heterocycles. The third-order valence-electron chi connectivity index (χ3n) is 1.18. The highest BCUT2D eigenvalue weighted by Gasteiger charge is 1.91. The molecular weight excluding hydrogens is 146 g/mol. The fourth-order valence-corrected chi connectivity index (χ4v) is 0.893. The fourth-order valence-electron chi connectivity index (χ4n) is 0.893. The van der Waals surface area contributed by atoms with Crippen molar-refractivity contribution in [1.82, 2.24) is 0 Å². The quantitative estimate of drug-likeness (QED) is 0.568. The highest BCUT2D eigenvalue weighted by Crippen LogP contribution is 1.96. The number of rotatable bonds is 3. The molecule has 0 amide bonds. The second kappa shape index (κ2) is 5.76. The Balaban J connectivity index is 4.55. The standard InChI is InChI=1S/C11H19N/c1-6-7-11(8-9(2)3)12-10(4)5/h6-8,10H,1-5H3/b7-6?,12-11-. The summed E-state index contributed by atoms with van der Waals surface area (Å²) < 4.78 is 0. The average Bonchev–Trinajstić information content (AvgIpc) is 1.84. The predicted molar refractivity (Wildman–Crippen MR) is 56.8 cm³/mol. The van der Waals surface area contributed by atoms with Gasteiger partial charge >= 0.3 is 0 Å². The lowest BCUT2D eigenvalue weighted by atomic mass is 10.2. The van der Waals surface area contributed by atoms with Crippen LogP contribution in [0.5, 0.6) is 0 Å². The first kappa shape index (κ1) is 11.2. The zero-order valence-corrected chi connectivity index (χ0v) is 8.76. The van der Waals surface area contributed by atoms with Gasteiger partial charge in [-0.3, -0.25) is 4.99 Å². The topological polar surface area (TPSA) is 12.4 Å². The molecule has 68 valence electrons. The maximum absolute atomic E-state index is 4.46. The van der Waals surface area contributed by atoms with Crippen LogP contribution in [0.3, 0.4) is 0 Å². The lowest BCUT2D eigenvalue weighted by molar-refractivity contribution is 0.838. The molecule has 0 aromatic carbocycles. The lowest BCUT2D eigenvalue weighted by Crippen LogP contribution is -1.96. The van der Waals surface area contributed by atoms with Gasteiger partial charge in [0.25, 0.3) is 0 Å². The van der Waals surface area contributed by atoms with Gasteiger partial charge in [0.2, 0.25) is 0 Å². The Morgan fingerprint density at radius 3 is 2.17 bits per heavy atom. The van der Waals surface area contributed by atoms with E-state index in [1.807, 2.05) is 19.1 Å². The third kappa shape index (κ3) is 5.90. The zero-order valence-electron chi connectivity index (χ0n) is 8.76. The van der Waals surface area contributed by atoms with Crippen LogP contribution in [0.4, 0.5) is 0 Å². The van der Waals surface area contributed by atoms with Crippen LogP contribution in [-0.4, -0.2) is 11.8 Å². The van der Waals surface area contributed by atoms with Crippen molar-refractivity contribution in [3.05, 3.63) is 23.8 Å². The molecule has 0 heterocycles. The van der Waals surface area contributed by atoms with Crippen molar-refractivity contribution in [2.45, 2.75) is 40.7 Å². The Morgan fingerprint density at radius 1 is 1.25 bits per heavy atom. The maximum Gasteiger partial charge on any atom is 0.0573 e. The van der Waals surface area contributed by atoms with Gasteiger partial charge in [0, 0.05) is 6.04 Å². The van der Waals surface area contributed by atoms with Crippen molar-refractivity contribution >= 4 is 5.71 Å². The monoisotopic (exact) mass is 165 g/mol. The highest BCUT2D eigenvalue weighted by atomic mass is 14.8. The van der Waals surface area contributed by atoms with Gasteiger partial charge in [-0.05, 0) is 46.8 Å². The molecule has 0 saturated carbocycles. The molecule has 0 aromatic heterocycles. The van der Waals surface area contributed by atoms with Crippen LogP contribution in [0.25, 0.3) is 0 Å². The van der Waals surface area contributed by atoms with Gasteiger partial charge in [-0.25, -0.2) is 0 Å². The molecule has 0 saturated heterocycles. The number of allylic oxidation sites excluding steroid dienone is 4. The minimum absolute atomic E-state index is 0.367. The van der Waals surface area contributed by atoms with Crippen LogP contribution in [0, 0.1) is 0 Å². The second-order valence-corrected chi connectivity index (χ2v) is 3.37. The first-order valence-corrected chi connectivity index (χ1v) is 4.41. The van der Waals surface area contributed by atoms with Gasteiger partial charge in [0.1, 0.15) is 0 Å². The van der Waals surface area contributed by atoms with Crippen molar-refractivity contribution < 1.29 is 0 Å². The molecule has 0 bridgehead atoms. The molecule has 0 N–H and O–H groups in total. The van der Waals surface area contributed by atoms with Crippen LogP contribution < -0.4 is 0 Å². The van der Waals surface area contributed by atoms with Gasteiger partial charge in [0.15, 0.2) is 0 Å². The molecule has 12 heavy (non-hydrogen) atoms. The lowest BCUT2D eigenvalue weighted by Gasteiger charge is -1.99. The number of hydrogen-bond acceptors (Lipinski definition) is 1. The van der Waals surface area contributed by atoms with Gasteiger partial charge in [0.05, 0.1) is 5.71 Å². The predicted octanol–water partition coefficient (Wildman–Crippen LogP) is 3.38. The van der Waals surface area contributed by atoms with Crippen LogP contribution in [0.2, 0.25) is 0 Å². The maximum atomic E-state index is 4.46. The molecule has 0 atom stereocenters. The normalized spacial score (nSPS) is 12.7. The van der Waals surface area contributed by atoms with E-state index in [1.165, 1.54) is 5.57 Å². The highest BCUT2D eigenvalue weighted by molar-refractivity contribution is 6.04. The summed E-state index contributed by atoms with van der Waals surface area (Å²) in [7, 11) is 0. The van der Waals surface area contributed by atoms with Crippen molar-refractivity contribution in [3.8, 4) is 0 Å². The molecule has 0 rings (SSSR count). The van der Waals surface area contributed by atoms with E-state index in [4.69, 9.17) is 0 Å². The Morgan fingerprint density at radius 2 is 1.83 bits per heavy atom. The largest absolute Gasteiger partial charge is 0.283 e. The van der Waals surface area contributed by atoms with Gasteiger partial charge < -0.3 is 0 Å². The first-order valence-electron chi connectivity index (χ1n) is 4.41. The summed E-state index contributed by atoms with van der Waals surface area (Å²) in [6, 6.07) is 0.367. The Bertz CT molecular complexity index is 203. The average molecular weight is 165 g/mol. The SMILES string of the molecule is CC=C/C(C=C(C)C)=N/C(C)C. The second-order valence-electron chi connectivity index (χ2n) is 3.37. The van der Waals surface area contributed by atoms with E-state index >= 15 is 0 Å². The minimum atomic E-state index is 0.367. The van der Waals surface area contributed by atoms with Crippen molar-refractivity contribution in [3.63, 3.8) is 0 Å². The molecule has 1 heteroatoms. The van der Waals surface area contributed by atoms with E-state index in [0.717, 1.165) is 5.71 Å². The molecule has 0 radical (unpaired) electrons. The summed E-state index contributed by atoms with van der Waals surface area (Å²) in [5, 5.41) is 0. The summed E-state index contributed by atoms with van der Waals surface area (Å²) in [6.07, 6.45) is 6.15. The van der Waals surface area contributed by atoms with E-state index < -0.39 is 0 Å². The van der Waals surface area contributed by atoms with E-state index in [1.54, 1.807) is 0 Å². The molecule has 0 fully saturated rings. The van der Waals surface area contributed by atoms with Crippen LogP contribution in [0.15, 0.2) is 28.8 Å². The van der Waals surface area contributed by atoms with Gasteiger partial charge in [-0.1, -0.05) is 11.6 Å². The van der Waals surface area contributed by atoms with Crippen molar-refractivity contribution in [2.24, 2.45) is 4.99 Å². The first-order chi connectivity index (χ1) is 5.56. The van der Waals surface area contributed by atoms with Crippen LogP contribution >= 0.6 is 0 Å². The van der Waals surface area contributed by atoms with Gasteiger partial charge in [-0.15, -0.1) is 0 Å². The summed E-state index contributed by atoms with van der Waals surface area (Å²) in [5.41, 5.74) is 2.35. The smallest absolute Gasteiger partial charge is 0.0573 e. The van der Waals surface area contributed by atoms with E-state index in [2.05, 4.69) is 38.8 Å². The summed E-state index contributed by atoms with van der Waals surface area (Å²) >= 11 is 0. The van der Waals surface area contributed by atoms with Crippen LogP contribution in [-0.2, 0) is 0 Å². The number of aliphatic imine (C=N–C) groups is 1. The molecule has 0 aliphatic rings. The van der Waals surface area contributed by atoms with Gasteiger partial charge in [-0.2, -0.15) is 0 Å². The summed E-state index contributed by atoms with van der Waals surface area (Å²) in [6.45, 7) is 10.3. The zero-order chi connectivity index (χ0) is 9.56. The van der Waals surface area contributed by atoms with E-state index in [9.17, 15) is 0 Å². The number of hydrogen-bond donors (Lipinski definition) is 0. The molecule has 0 spiro atoms. The minimum Gasteiger partial charge on any atom is -0.283 e. The molecule has 0 aromatic rings. The molecule has 1 nitrogen and oxygen atoms in total. The number of nitrogens with zero attached hydrogens (tertiary/aromatic N) is 1. The van der Waals surface area contributed by atoms with Crippen molar-refractivity contribution in [1.29, 1.82) is 0 Å². The Kier molecular flexibility index (Phi) is 5.35. The fraction of sp³-hybridized carbons (Fsp3) is 0.545. The molecule has 0 aliphatic carbocycles. The van der Waals surface area contributed by atoms with Crippen molar-refractivity contribution in [2.75, 3.05) is 0 Å². The summed E-state index contributed by atoms with van der Waals surface area (Å²) in [5.74, 6) is 0. The molecule has 0 unspecified atom stereocenters. The Labute approximate surface area is 75.9 Å².